The third kappa shape index (κ3) is 7.27. The second kappa shape index (κ2) is 7.14. The molecule has 1 aromatic carbocycles. The van der Waals surface area contributed by atoms with E-state index in [0.29, 0.717) is 5.56 Å². The first-order valence-electron chi connectivity index (χ1n) is 7.29. The molecule has 1 N–H and O–H groups in total. The zero-order valence-corrected chi connectivity index (χ0v) is 15.3. The molecule has 0 saturated heterocycles. The Hall–Kier alpha value is -1.20. The largest absolute Gasteiger partial charge is 0.478 e. The van der Waals surface area contributed by atoms with Crippen LogP contribution in [-0.4, -0.2) is 22.3 Å². The van der Waals surface area contributed by atoms with E-state index in [1.807, 2.05) is 0 Å². The molecule has 0 amide bonds. The average Bonchev–Trinajstić information content (AvgIpc) is 2.32. The highest BCUT2D eigenvalue weighted by molar-refractivity contribution is 7.48. The molecule has 6 nitrogen and oxygen atoms in total. The molecular formula is C16H25O6P. The first-order valence-corrected chi connectivity index (χ1v) is 8.75. The summed E-state index contributed by atoms with van der Waals surface area (Å²) in [5.41, 5.74) is -0.999. The Morgan fingerprint density at radius 1 is 1.04 bits per heavy atom. The molecule has 0 unspecified atom stereocenters. The van der Waals surface area contributed by atoms with Gasteiger partial charge in [0.15, 0.2) is 0 Å². The standard InChI is InChI=1S/C16H25O6P/c1-15(2,3)21-23(19,22-16(4,5)6)20-11-12-9-7-8-10-13(12)14(17)18/h7-10H,11H2,1-6H3,(H,17,18). The van der Waals surface area contributed by atoms with Gasteiger partial charge in [0.1, 0.15) is 0 Å². The second-order valence-electron chi connectivity index (χ2n) is 7.09. The van der Waals surface area contributed by atoms with Gasteiger partial charge in [-0.2, -0.15) is 0 Å². The Morgan fingerprint density at radius 2 is 1.52 bits per heavy atom. The van der Waals surface area contributed by atoms with Gasteiger partial charge in [0, 0.05) is 0 Å². The van der Waals surface area contributed by atoms with Gasteiger partial charge in [-0.1, -0.05) is 18.2 Å². The van der Waals surface area contributed by atoms with E-state index in [1.165, 1.54) is 6.07 Å². The molecular weight excluding hydrogens is 319 g/mol. The maximum Gasteiger partial charge on any atom is 0.476 e. The molecule has 0 aromatic heterocycles. The van der Waals surface area contributed by atoms with Crippen LogP contribution in [-0.2, 0) is 24.7 Å². The minimum Gasteiger partial charge on any atom is -0.478 e. The van der Waals surface area contributed by atoms with Gasteiger partial charge in [0.05, 0.1) is 23.4 Å². The molecule has 0 bridgehead atoms. The van der Waals surface area contributed by atoms with Crippen LogP contribution >= 0.6 is 7.82 Å². The van der Waals surface area contributed by atoms with E-state index in [2.05, 4.69) is 0 Å². The summed E-state index contributed by atoms with van der Waals surface area (Å²) in [7, 11) is -3.87. The Kier molecular flexibility index (Phi) is 6.16. The summed E-state index contributed by atoms with van der Waals surface area (Å²) >= 11 is 0. The summed E-state index contributed by atoms with van der Waals surface area (Å²) in [6, 6.07) is 6.36. The number of aromatic carboxylic acids is 1. The summed E-state index contributed by atoms with van der Waals surface area (Å²) in [5, 5.41) is 9.18. The zero-order valence-electron chi connectivity index (χ0n) is 14.5. The van der Waals surface area contributed by atoms with Crippen LogP contribution in [0, 0.1) is 0 Å². The lowest BCUT2D eigenvalue weighted by atomic mass is 10.1. The second-order valence-corrected chi connectivity index (χ2v) is 8.61. The summed E-state index contributed by atoms with van der Waals surface area (Å²) in [4.78, 5) is 11.2. The first kappa shape index (κ1) is 19.8. The Bertz CT molecular complexity index is 577. The van der Waals surface area contributed by atoms with Crippen LogP contribution in [0.15, 0.2) is 24.3 Å². The lowest BCUT2D eigenvalue weighted by molar-refractivity contribution is 0.000627. The minimum atomic E-state index is -3.87. The van der Waals surface area contributed by atoms with Gasteiger partial charge in [-0.15, -0.1) is 0 Å². The molecule has 0 atom stereocenters. The van der Waals surface area contributed by atoms with Crippen LogP contribution in [0.1, 0.15) is 57.5 Å². The topological polar surface area (TPSA) is 82.1 Å². The molecule has 23 heavy (non-hydrogen) atoms. The summed E-state index contributed by atoms with van der Waals surface area (Å²) in [6.07, 6.45) is 0. The number of benzene rings is 1. The first-order chi connectivity index (χ1) is 10.3. The van der Waals surface area contributed by atoms with Gasteiger partial charge in [0.25, 0.3) is 0 Å². The van der Waals surface area contributed by atoms with Crippen molar-refractivity contribution in [2.75, 3.05) is 0 Å². The molecule has 0 spiro atoms. The van der Waals surface area contributed by atoms with Crippen molar-refractivity contribution in [2.45, 2.75) is 59.4 Å². The van der Waals surface area contributed by atoms with Gasteiger partial charge >= 0.3 is 13.8 Å². The number of carboxylic acids is 1. The third-order valence-corrected chi connectivity index (χ3v) is 4.39. The van der Waals surface area contributed by atoms with Crippen LogP contribution in [0.2, 0.25) is 0 Å². The van der Waals surface area contributed by atoms with Crippen molar-refractivity contribution in [1.29, 1.82) is 0 Å². The zero-order chi connectivity index (χ0) is 17.9. The number of hydrogen-bond donors (Lipinski definition) is 1. The maximum atomic E-state index is 12.9. The number of carboxylic acid groups (broad SMARTS) is 1. The smallest absolute Gasteiger partial charge is 0.476 e. The monoisotopic (exact) mass is 344 g/mol. The Labute approximate surface area is 137 Å². The van der Waals surface area contributed by atoms with Gasteiger partial charge in [-0.05, 0) is 53.2 Å². The van der Waals surface area contributed by atoms with Gasteiger partial charge in [-0.3, -0.25) is 13.6 Å². The highest BCUT2D eigenvalue weighted by atomic mass is 31.2. The average molecular weight is 344 g/mol. The van der Waals surface area contributed by atoms with Crippen molar-refractivity contribution >= 4 is 13.8 Å². The summed E-state index contributed by atoms with van der Waals surface area (Å²) in [6.45, 7) is 10.2. The molecule has 7 heteroatoms. The van der Waals surface area contributed by atoms with E-state index in [4.69, 9.17) is 13.6 Å². The molecule has 0 aliphatic heterocycles. The Morgan fingerprint density at radius 3 is 1.96 bits per heavy atom. The Balaban J connectivity index is 2.99. The number of phosphoric acid groups is 1. The van der Waals surface area contributed by atoms with E-state index in [0.717, 1.165) is 0 Å². The fraction of sp³-hybridized carbons (Fsp3) is 0.562. The predicted molar refractivity (Wildman–Crippen MR) is 87.5 cm³/mol. The van der Waals surface area contributed by atoms with Crippen LogP contribution in [0.25, 0.3) is 0 Å². The lowest BCUT2D eigenvalue weighted by Gasteiger charge is -2.31. The van der Waals surface area contributed by atoms with E-state index in [-0.39, 0.29) is 12.2 Å². The minimum absolute atomic E-state index is 0.0885. The lowest BCUT2D eigenvalue weighted by Crippen LogP contribution is -2.24. The SMILES string of the molecule is CC(C)(C)OP(=O)(OCc1ccccc1C(=O)O)OC(C)(C)C. The van der Waals surface area contributed by atoms with Gasteiger partial charge < -0.3 is 5.11 Å². The molecule has 1 rings (SSSR count). The molecule has 0 radical (unpaired) electrons. The van der Waals surface area contributed by atoms with Crippen LogP contribution < -0.4 is 0 Å². The summed E-state index contributed by atoms with van der Waals surface area (Å²) in [5.74, 6) is -1.08. The highest BCUT2D eigenvalue weighted by Crippen LogP contribution is 2.55. The summed E-state index contributed by atoms with van der Waals surface area (Å²) < 4.78 is 29.3. The van der Waals surface area contributed by atoms with E-state index < -0.39 is 25.0 Å². The van der Waals surface area contributed by atoms with Crippen LogP contribution in [0.4, 0.5) is 0 Å². The van der Waals surface area contributed by atoms with Crippen molar-refractivity contribution in [3.8, 4) is 0 Å². The predicted octanol–water partition coefficient (Wildman–Crippen LogP) is 4.64. The molecule has 1 aromatic rings. The molecule has 130 valence electrons. The molecule has 0 aliphatic carbocycles. The molecule has 0 fully saturated rings. The van der Waals surface area contributed by atoms with Crippen molar-refractivity contribution in [2.24, 2.45) is 0 Å². The number of carbonyl (C=O) groups is 1. The van der Waals surface area contributed by atoms with Crippen LogP contribution in [0.5, 0.6) is 0 Å². The number of rotatable bonds is 6. The third-order valence-electron chi connectivity index (χ3n) is 2.40. The molecule has 0 saturated carbocycles. The maximum absolute atomic E-state index is 12.9. The molecule has 0 heterocycles. The van der Waals surface area contributed by atoms with Gasteiger partial charge in [0.2, 0.25) is 0 Å². The van der Waals surface area contributed by atoms with Crippen molar-refractivity contribution in [3.63, 3.8) is 0 Å². The van der Waals surface area contributed by atoms with E-state index >= 15 is 0 Å². The number of phosphoric ester groups is 1. The van der Waals surface area contributed by atoms with E-state index in [9.17, 15) is 14.5 Å². The fourth-order valence-corrected chi connectivity index (χ4v) is 3.53. The van der Waals surface area contributed by atoms with Crippen molar-refractivity contribution in [3.05, 3.63) is 35.4 Å². The number of hydrogen-bond acceptors (Lipinski definition) is 5. The quantitative estimate of drug-likeness (QED) is 0.757. The normalized spacial score (nSPS) is 13.1. The fourth-order valence-electron chi connectivity index (χ4n) is 1.75. The van der Waals surface area contributed by atoms with Gasteiger partial charge in [-0.25, -0.2) is 9.36 Å². The van der Waals surface area contributed by atoms with Crippen molar-refractivity contribution < 1.29 is 28.0 Å². The molecule has 0 aliphatic rings. The van der Waals surface area contributed by atoms with Crippen molar-refractivity contribution in [1.82, 2.24) is 0 Å². The highest BCUT2D eigenvalue weighted by Gasteiger charge is 2.37. The van der Waals surface area contributed by atoms with E-state index in [1.54, 1.807) is 59.7 Å². The van der Waals surface area contributed by atoms with Crippen LogP contribution in [0.3, 0.4) is 0 Å².